The minimum atomic E-state index is -0.253. The molecule has 2 heterocycles. The van der Waals surface area contributed by atoms with Gasteiger partial charge in [-0.3, -0.25) is 9.59 Å². The van der Waals surface area contributed by atoms with E-state index in [2.05, 4.69) is 15.2 Å². The third-order valence-corrected chi connectivity index (χ3v) is 4.58. The van der Waals surface area contributed by atoms with Gasteiger partial charge in [0, 0.05) is 25.1 Å². The number of carbonyl (C=O) groups is 2. The Kier molecular flexibility index (Phi) is 6.41. The van der Waals surface area contributed by atoms with Crippen molar-refractivity contribution in [2.24, 2.45) is 0 Å². The molecule has 1 aromatic carbocycles. The first kappa shape index (κ1) is 18.9. The minimum Gasteiger partial charge on any atom is -0.484 e. The molecule has 1 aliphatic rings. The van der Waals surface area contributed by atoms with E-state index in [9.17, 15) is 9.59 Å². The van der Waals surface area contributed by atoms with Crippen LogP contribution in [0.5, 0.6) is 5.75 Å². The van der Waals surface area contributed by atoms with Crippen molar-refractivity contribution in [3.63, 3.8) is 0 Å². The van der Waals surface area contributed by atoms with Crippen LogP contribution < -0.4 is 15.0 Å². The molecule has 0 bridgehead atoms. The zero-order valence-corrected chi connectivity index (χ0v) is 15.6. The number of hydrogen-bond acceptors (Lipinski definition) is 5. The first-order chi connectivity index (χ1) is 13.2. The van der Waals surface area contributed by atoms with Gasteiger partial charge in [0.25, 0.3) is 5.91 Å². The van der Waals surface area contributed by atoms with Gasteiger partial charge < -0.3 is 15.0 Å². The van der Waals surface area contributed by atoms with Crippen molar-refractivity contribution in [3.8, 4) is 5.75 Å². The lowest BCUT2D eigenvalue weighted by Crippen LogP contribution is -2.30. The van der Waals surface area contributed by atoms with Crippen LogP contribution in [-0.2, 0) is 4.79 Å². The lowest BCUT2D eigenvalue weighted by molar-refractivity contribution is -0.118. The number of aromatic nitrogens is 1. The topological polar surface area (TPSA) is 71.5 Å². The van der Waals surface area contributed by atoms with Crippen molar-refractivity contribution in [2.75, 3.05) is 29.9 Å². The second-order valence-corrected chi connectivity index (χ2v) is 6.59. The van der Waals surface area contributed by atoms with Crippen LogP contribution in [0.15, 0.2) is 42.6 Å². The summed E-state index contributed by atoms with van der Waals surface area (Å²) in [5, 5.41) is 2.78. The van der Waals surface area contributed by atoms with E-state index < -0.39 is 0 Å². The number of piperidine rings is 1. The zero-order chi connectivity index (χ0) is 19.1. The summed E-state index contributed by atoms with van der Waals surface area (Å²) in [4.78, 5) is 30.4. The summed E-state index contributed by atoms with van der Waals surface area (Å²) in [5.74, 6) is 1.33. The van der Waals surface area contributed by atoms with Crippen LogP contribution in [0.1, 0.15) is 43.0 Å². The van der Waals surface area contributed by atoms with Crippen molar-refractivity contribution in [2.45, 2.75) is 32.6 Å². The van der Waals surface area contributed by atoms with Crippen molar-refractivity contribution in [1.29, 1.82) is 0 Å². The van der Waals surface area contributed by atoms with E-state index in [1.165, 1.54) is 19.3 Å². The highest BCUT2D eigenvalue weighted by molar-refractivity contribution is 5.96. The average molecular weight is 367 g/mol. The number of amides is 1. The highest BCUT2D eigenvalue weighted by Crippen LogP contribution is 2.19. The van der Waals surface area contributed by atoms with Gasteiger partial charge in [-0.15, -0.1) is 0 Å². The molecule has 0 atom stereocenters. The second-order valence-electron chi connectivity index (χ2n) is 6.59. The molecule has 0 saturated carbocycles. The molecule has 142 valence electrons. The molecular formula is C21H25N3O3. The number of Topliss-reactive ketones (excluding diaryl/α,β-unsaturated/α-hetero) is 1. The highest BCUT2D eigenvalue weighted by Gasteiger charge is 2.12. The minimum absolute atomic E-state index is 0.0831. The monoisotopic (exact) mass is 367 g/mol. The van der Waals surface area contributed by atoms with Gasteiger partial charge in [0.2, 0.25) is 0 Å². The Morgan fingerprint density at radius 2 is 1.81 bits per heavy atom. The molecule has 0 aliphatic carbocycles. The van der Waals surface area contributed by atoms with Gasteiger partial charge in [-0.2, -0.15) is 0 Å². The number of ketones is 1. The van der Waals surface area contributed by atoms with Gasteiger partial charge in [-0.1, -0.05) is 6.92 Å². The van der Waals surface area contributed by atoms with E-state index >= 15 is 0 Å². The standard InChI is InChI=1S/C21H25N3O3/c1-2-19(25)16-6-9-18(10-7-16)27-15-21(26)23-17-8-11-20(22-14-17)24-12-4-3-5-13-24/h6-11,14H,2-5,12-13,15H2,1H3,(H,23,26). The van der Waals surface area contributed by atoms with Crippen LogP contribution in [0.2, 0.25) is 0 Å². The molecular weight excluding hydrogens is 342 g/mol. The number of hydrogen-bond donors (Lipinski definition) is 1. The number of ether oxygens (including phenoxy) is 1. The molecule has 2 aromatic rings. The summed E-state index contributed by atoms with van der Waals surface area (Å²) >= 11 is 0. The molecule has 0 radical (unpaired) electrons. The van der Waals surface area contributed by atoms with E-state index in [0.29, 0.717) is 23.4 Å². The zero-order valence-electron chi connectivity index (χ0n) is 15.6. The van der Waals surface area contributed by atoms with Gasteiger partial charge in [0.15, 0.2) is 12.4 Å². The second kappa shape index (κ2) is 9.16. The lowest BCUT2D eigenvalue weighted by Gasteiger charge is -2.27. The van der Waals surface area contributed by atoms with Gasteiger partial charge in [-0.05, 0) is 55.7 Å². The third-order valence-electron chi connectivity index (χ3n) is 4.58. The quantitative estimate of drug-likeness (QED) is 0.756. The predicted molar refractivity (Wildman–Crippen MR) is 105 cm³/mol. The van der Waals surface area contributed by atoms with Crippen LogP contribution in [0, 0.1) is 0 Å². The predicted octanol–water partition coefficient (Wildman–Crippen LogP) is 3.68. The van der Waals surface area contributed by atoms with Gasteiger partial charge in [-0.25, -0.2) is 4.98 Å². The molecule has 6 nitrogen and oxygen atoms in total. The number of carbonyl (C=O) groups excluding carboxylic acids is 2. The Bertz CT molecular complexity index is 766. The van der Waals surface area contributed by atoms with Gasteiger partial charge in [0.05, 0.1) is 11.9 Å². The van der Waals surface area contributed by atoms with Gasteiger partial charge >= 0.3 is 0 Å². The molecule has 0 spiro atoms. The van der Waals surface area contributed by atoms with Gasteiger partial charge in [0.1, 0.15) is 11.6 Å². The average Bonchev–Trinajstić information content (AvgIpc) is 2.73. The number of nitrogens with one attached hydrogen (secondary N) is 1. The first-order valence-corrected chi connectivity index (χ1v) is 9.42. The first-order valence-electron chi connectivity index (χ1n) is 9.42. The molecule has 27 heavy (non-hydrogen) atoms. The molecule has 1 aromatic heterocycles. The maximum Gasteiger partial charge on any atom is 0.262 e. The fraction of sp³-hybridized carbons (Fsp3) is 0.381. The summed E-state index contributed by atoms with van der Waals surface area (Å²) in [6.07, 6.45) is 5.82. The molecule has 1 aliphatic heterocycles. The number of anilines is 2. The van der Waals surface area contributed by atoms with E-state index in [1.807, 2.05) is 19.1 Å². The van der Waals surface area contributed by atoms with Crippen molar-refractivity contribution >= 4 is 23.2 Å². The molecule has 1 N–H and O–H groups in total. The number of nitrogens with zero attached hydrogens (tertiary/aromatic N) is 2. The molecule has 1 amide bonds. The fourth-order valence-corrected chi connectivity index (χ4v) is 3.06. The van der Waals surface area contributed by atoms with Crippen molar-refractivity contribution < 1.29 is 14.3 Å². The highest BCUT2D eigenvalue weighted by atomic mass is 16.5. The number of rotatable bonds is 7. The Balaban J connectivity index is 1.48. The summed E-state index contributed by atoms with van der Waals surface area (Å²) in [7, 11) is 0. The molecule has 3 rings (SSSR count). The van der Waals surface area contributed by atoms with E-state index in [4.69, 9.17) is 4.74 Å². The third kappa shape index (κ3) is 5.29. The molecule has 1 saturated heterocycles. The van der Waals surface area contributed by atoms with Crippen LogP contribution in [0.4, 0.5) is 11.5 Å². The van der Waals surface area contributed by atoms with E-state index in [-0.39, 0.29) is 18.3 Å². The van der Waals surface area contributed by atoms with Crippen LogP contribution in [-0.4, -0.2) is 36.4 Å². The van der Waals surface area contributed by atoms with E-state index in [1.54, 1.807) is 30.5 Å². The number of pyridine rings is 1. The van der Waals surface area contributed by atoms with Crippen LogP contribution in [0.3, 0.4) is 0 Å². The summed E-state index contributed by atoms with van der Waals surface area (Å²) < 4.78 is 5.48. The maximum atomic E-state index is 12.1. The van der Waals surface area contributed by atoms with Crippen molar-refractivity contribution in [3.05, 3.63) is 48.2 Å². The molecule has 6 heteroatoms. The Morgan fingerprint density at radius 3 is 2.44 bits per heavy atom. The largest absolute Gasteiger partial charge is 0.484 e. The number of benzene rings is 1. The van der Waals surface area contributed by atoms with Crippen LogP contribution >= 0.6 is 0 Å². The maximum absolute atomic E-state index is 12.1. The van der Waals surface area contributed by atoms with Crippen LogP contribution in [0.25, 0.3) is 0 Å². The Labute approximate surface area is 159 Å². The van der Waals surface area contributed by atoms with E-state index in [0.717, 1.165) is 18.9 Å². The molecule has 1 fully saturated rings. The smallest absolute Gasteiger partial charge is 0.262 e. The SMILES string of the molecule is CCC(=O)c1ccc(OCC(=O)Nc2ccc(N3CCCCC3)nc2)cc1. The summed E-state index contributed by atoms with van der Waals surface area (Å²) in [5.41, 5.74) is 1.29. The molecule has 0 unspecified atom stereocenters. The summed E-state index contributed by atoms with van der Waals surface area (Å²) in [6, 6.07) is 10.6. The lowest BCUT2D eigenvalue weighted by atomic mass is 10.1. The Morgan fingerprint density at radius 1 is 1.07 bits per heavy atom. The fourth-order valence-electron chi connectivity index (χ4n) is 3.06. The Hall–Kier alpha value is -2.89. The van der Waals surface area contributed by atoms with Crippen molar-refractivity contribution in [1.82, 2.24) is 4.98 Å². The summed E-state index contributed by atoms with van der Waals surface area (Å²) in [6.45, 7) is 3.80. The normalized spacial score (nSPS) is 13.9.